The Kier molecular flexibility index (Phi) is 4.76. The Hall–Kier alpha value is -2.76. The maximum Gasteiger partial charge on any atom is 0.291 e. The van der Waals surface area contributed by atoms with Crippen LogP contribution in [-0.4, -0.2) is 35.0 Å². The number of nitrogens with zero attached hydrogens (tertiary/aromatic N) is 1. The number of ketones is 2. The highest BCUT2D eigenvalue weighted by Gasteiger charge is 2.45. The number of carbonyl (C=O) groups is 3. The molecule has 0 radical (unpaired) electrons. The summed E-state index contributed by atoms with van der Waals surface area (Å²) in [5, 5.41) is 0. The van der Waals surface area contributed by atoms with E-state index in [2.05, 4.69) is 0 Å². The van der Waals surface area contributed by atoms with Gasteiger partial charge in [0.05, 0.1) is 0 Å². The van der Waals surface area contributed by atoms with Gasteiger partial charge in [0.2, 0.25) is 11.6 Å². The molecule has 0 bridgehead atoms. The summed E-state index contributed by atoms with van der Waals surface area (Å²) in [4.78, 5) is 38.6. The average Bonchev–Trinajstić information content (AvgIpc) is 3.10. The van der Waals surface area contributed by atoms with Crippen LogP contribution in [0.5, 0.6) is 0 Å². The molecule has 1 atom stereocenters. The van der Waals surface area contributed by atoms with Gasteiger partial charge in [-0.15, -0.1) is 0 Å². The molecule has 2 aromatic rings. The second-order valence-corrected chi connectivity index (χ2v) is 6.85. The molecule has 2 heterocycles. The summed E-state index contributed by atoms with van der Waals surface area (Å²) < 4.78 is 18.6. The van der Waals surface area contributed by atoms with Gasteiger partial charge < -0.3 is 9.32 Å². The normalized spacial score (nSPS) is 17.4. The summed E-state index contributed by atoms with van der Waals surface area (Å²) in [6.45, 7) is 5.39. The molecule has 1 aromatic heterocycles. The fourth-order valence-electron chi connectivity index (χ4n) is 3.19. The molecule has 0 saturated carbocycles. The van der Waals surface area contributed by atoms with Crippen LogP contribution in [0.15, 0.2) is 34.7 Å². The third-order valence-electron chi connectivity index (χ3n) is 4.57. The molecule has 0 N–H and O–H groups in total. The first-order valence-corrected chi connectivity index (χ1v) is 8.50. The van der Waals surface area contributed by atoms with Crippen LogP contribution >= 0.6 is 0 Å². The lowest BCUT2D eigenvalue weighted by Crippen LogP contribution is -2.33. The number of benzene rings is 1. The Morgan fingerprint density at radius 3 is 2.50 bits per heavy atom. The third-order valence-corrected chi connectivity index (χ3v) is 4.57. The van der Waals surface area contributed by atoms with Crippen LogP contribution in [0.2, 0.25) is 0 Å². The van der Waals surface area contributed by atoms with Crippen molar-refractivity contribution in [2.45, 2.75) is 33.2 Å². The number of likely N-dealkylation sites (tertiary alicyclic amines) is 1. The zero-order chi connectivity index (χ0) is 19.0. The summed E-state index contributed by atoms with van der Waals surface area (Å²) in [5.41, 5.74) is 1.45. The molecule has 1 aromatic carbocycles. The number of halogens is 1. The van der Waals surface area contributed by atoms with Crippen LogP contribution in [-0.2, 0) is 16.0 Å². The zero-order valence-corrected chi connectivity index (χ0v) is 14.9. The van der Waals surface area contributed by atoms with E-state index in [1.165, 1.54) is 17.0 Å². The molecular formula is C20H20FNO4. The number of Topliss-reactive ketones (excluding diaryl/α,β-unsaturated/α-hetero) is 2. The van der Waals surface area contributed by atoms with Crippen LogP contribution in [0.1, 0.15) is 41.3 Å². The van der Waals surface area contributed by atoms with Crippen LogP contribution in [0.4, 0.5) is 4.39 Å². The first kappa shape index (κ1) is 18.0. The van der Waals surface area contributed by atoms with Crippen LogP contribution in [0.25, 0.3) is 0 Å². The van der Waals surface area contributed by atoms with Crippen molar-refractivity contribution < 1.29 is 23.2 Å². The van der Waals surface area contributed by atoms with Crippen LogP contribution in [0, 0.1) is 18.7 Å². The highest BCUT2D eigenvalue weighted by molar-refractivity contribution is 6.43. The van der Waals surface area contributed by atoms with Crippen molar-refractivity contribution in [3.63, 3.8) is 0 Å². The number of amides is 1. The van der Waals surface area contributed by atoms with Gasteiger partial charge in [0.15, 0.2) is 5.76 Å². The van der Waals surface area contributed by atoms with E-state index >= 15 is 0 Å². The van der Waals surface area contributed by atoms with Crippen molar-refractivity contribution in [2.75, 3.05) is 6.54 Å². The van der Waals surface area contributed by atoms with Gasteiger partial charge in [-0.25, -0.2) is 4.39 Å². The molecule has 1 fully saturated rings. The second kappa shape index (κ2) is 6.86. The predicted octanol–water partition coefficient (Wildman–Crippen LogP) is 2.94. The van der Waals surface area contributed by atoms with Gasteiger partial charge >= 0.3 is 0 Å². The summed E-state index contributed by atoms with van der Waals surface area (Å²) >= 11 is 0. The summed E-state index contributed by atoms with van der Waals surface area (Å²) in [6.07, 6.45) is 0.376. The van der Waals surface area contributed by atoms with Gasteiger partial charge in [0, 0.05) is 24.6 Å². The maximum absolute atomic E-state index is 13.1. The van der Waals surface area contributed by atoms with E-state index in [0.29, 0.717) is 17.7 Å². The molecule has 1 aliphatic rings. The summed E-state index contributed by atoms with van der Waals surface area (Å²) in [6, 6.07) is 7.56. The van der Waals surface area contributed by atoms with Gasteiger partial charge in [-0.1, -0.05) is 12.1 Å². The topological polar surface area (TPSA) is 67.6 Å². The van der Waals surface area contributed by atoms with Gasteiger partial charge in [0.1, 0.15) is 17.5 Å². The fraction of sp³-hybridized carbons (Fsp3) is 0.350. The van der Waals surface area contributed by atoms with Crippen molar-refractivity contribution in [1.29, 1.82) is 0 Å². The lowest BCUT2D eigenvalue weighted by molar-refractivity contribution is -0.141. The molecule has 6 heteroatoms. The molecule has 1 aliphatic heterocycles. The molecular weight excluding hydrogens is 337 g/mol. The predicted molar refractivity (Wildman–Crippen MR) is 92.3 cm³/mol. The van der Waals surface area contributed by atoms with Gasteiger partial charge in [-0.3, -0.25) is 14.4 Å². The van der Waals surface area contributed by atoms with Gasteiger partial charge in [-0.2, -0.15) is 0 Å². The molecule has 0 spiro atoms. The van der Waals surface area contributed by atoms with Crippen molar-refractivity contribution in [3.05, 3.63) is 58.8 Å². The number of rotatable bonds is 5. The standard InChI is InChI=1S/C20H20FNO4/c1-11(2)22-10-16(18(24)20(22)25)17(23)19-14(8-12(3)26-19)9-13-4-6-15(21)7-5-13/h4-8,11,16H,9-10H2,1-3H3. The lowest BCUT2D eigenvalue weighted by Gasteiger charge is -2.19. The van der Waals surface area contributed by atoms with Crippen LogP contribution in [0.3, 0.4) is 0 Å². The number of hydrogen-bond acceptors (Lipinski definition) is 4. The largest absolute Gasteiger partial charge is 0.458 e. The molecule has 5 nitrogen and oxygen atoms in total. The van der Waals surface area contributed by atoms with E-state index in [9.17, 15) is 18.8 Å². The lowest BCUT2D eigenvalue weighted by atomic mass is 9.95. The zero-order valence-electron chi connectivity index (χ0n) is 14.9. The van der Waals surface area contributed by atoms with E-state index in [1.807, 2.05) is 0 Å². The van der Waals surface area contributed by atoms with Crippen molar-refractivity contribution in [3.8, 4) is 0 Å². The molecule has 1 amide bonds. The number of furan rings is 1. The maximum atomic E-state index is 13.1. The van der Waals surface area contributed by atoms with Crippen molar-refractivity contribution >= 4 is 17.5 Å². The smallest absolute Gasteiger partial charge is 0.291 e. The molecule has 1 unspecified atom stereocenters. The molecule has 1 saturated heterocycles. The minimum Gasteiger partial charge on any atom is -0.458 e. The van der Waals surface area contributed by atoms with Crippen molar-refractivity contribution in [1.82, 2.24) is 4.90 Å². The van der Waals surface area contributed by atoms with Crippen LogP contribution < -0.4 is 0 Å². The Balaban J connectivity index is 1.87. The fourth-order valence-corrected chi connectivity index (χ4v) is 3.19. The quantitative estimate of drug-likeness (QED) is 0.469. The number of aryl methyl sites for hydroxylation is 1. The average molecular weight is 357 g/mol. The molecule has 3 rings (SSSR count). The molecule has 26 heavy (non-hydrogen) atoms. The monoisotopic (exact) mass is 357 g/mol. The molecule has 136 valence electrons. The first-order chi connectivity index (χ1) is 12.3. The Bertz CT molecular complexity index is 866. The van der Waals surface area contributed by atoms with E-state index in [-0.39, 0.29) is 24.2 Å². The first-order valence-electron chi connectivity index (χ1n) is 8.50. The highest BCUT2D eigenvalue weighted by atomic mass is 19.1. The summed E-state index contributed by atoms with van der Waals surface area (Å²) in [7, 11) is 0. The Labute approximate surface area is 150 Å². The molecule has 0 aliphatic carbocycles. The van der Waals surface area contributed by atoms with Crippen molar-refractivity contribution in [2.24, 2.45) is 5.92 Å². The number of carbonyl (C=O) groups excluding carboxylic acids is 3. The van der Waals surface area contributed by atoms with Gasteiger partial charge in [0.25, 0.3) is 5.91 Å². The second-order valence-electron chi connectivity index (χ2n) is 6.85. The highest BCUT2D eigenvalue weighted by Crippen LogP contribution is 2.26. The minimum absolute atomic E-state index is 0.0733. The van der Waals surface area contributed by atoms with E-state index in [1.54, 1.807) is 39.0 Å². The van der Waals surface area contributed by atoms with Gasteiger partial charge in [-0.05, 0) is 44.5 Å². The Morgan fingerprint density at radius 2 is 1.92 bits per heavy atom. The number of hydrogen-bond donors (Lipinski definition) is 0. The minimum atomic E-state index is -1.04. The van der Waals surface area contributed by atoms with E-state index < -0.39 is 23.4 Å². The third kappa shape index (κ3) is 3.31. The SMILES string of the molecule is Cc1cc(Cc2ccc(F)cc2)c(C(=O)C2CN(C(C)C)C(=O)C2=O)o1. The van der Waals surface area contributed by atoms with E-state index in [0.717, 1.165) is 5.56 Å². The van der Waals surface area contributed by atoms with E-state index in [4.69, 9.17) is 4.42 Å². The Morgan fingerprint density at radius 1 is 1.27 bits per heavy atom. The summed E-state index contributed by atoms with van der Waals surface area (Å²) in [5.74, 6) is -2.52.